The Balaban J connectivity index is 3.41. The standard InChI is InChI=1S/C8H16N2O2/c1-10(5-3-4-9)6-8(11)7-12-2/h8,11H,3,5-7H2,1-2H3. The molecule has 0 radical (unpaired) electrons. The van der Waals surface area contributed by atoms with Crippen LogP contribution >= 0.6 is 0 Å². The maximum Gasteiger partial charge on any atom is 0.0899 e. The lowest BCUT2D eigenvalue weighted by Crippen LogP contribution is -2.32. The summed E-state index contributed by atoms with van der Waals surface area (Å²) < 4.78 is 4.77. The first-order valence-corrected chi connectivity index (χ1v) is 3.93. The van der Waals surface area contributed by atoms with E-state index < -0.39 is 6.10 Å². The second-order valence-electron chi connectivity index (χ2n) is 2.78. The molecule has 1 N–H and O–H groups in total. The van der Waals surface area contributed by atoms with Crippen LogP contribution in [0, 0.1) is 11.3 Å². The fourth-order valence-electron chi connectivity index (χ4n) is 0.937. The summed E-state index contributed by atoms with van der Waals surface area (Å²) in [7, 11) is 3.43. The summed E-state index contributed by atoms with van der Waals surface area (Å²) >= 11 is 0. The van der Waals surface area contributed by atoms with E-state index in [0.717, 1.165) is 0 Å². The van der Waals surface area contributed by atoms with Gasteiger partial charge in [-0.15, -0.1) is 0 Å². The Morgan fingerprint density at radius 1 is 1.67 bits per heavy atom. The Labute approximate surface area is 73.4 Å². The smallest absolute Gasteiger partial charge is 0.0899 e. The highest BCUT2D eigenvalue weighted by atomic mass is 16.5. The number of aliphatic hydroxyl groups is 1. The molecular weight excluding hydrogens is 156 g/mol. The number of hydrogen-bond acceptors (Lipinski definition) is 4. The van der Waals surface area contributed by atoms with Crippen LogP contribution in [0.5, 0.6) is 0 Å². The molecule has 0 amide bonds. The van der Waals surface area contributed by atoms with Gasteiger partial charge in [0.05, 0.1) is 18.8 Å². The molecule has 4 nitrogen and oxygen atoms in total. The zero-order valence-corrected chi connectivity index (χ0v) is 7.66. The van der Waals surface area contributed by atoms with E-state index in [0.29, 0.717) is 26.1 Å². The van der Waals surface area contributed by atoms with Gasteiger partial charge in [0, 0.05) is 26.6 Å². The maximum atomic E-state index is 9.27. The third-order valence-electron chi connectivity index (χ3n) is 1.49. The number of rotatable bonds is 6. The Bertz CT molecular complexity index is 144. The van der Waals surface area contributed by atoms with Crippen molar-refractivity contribution in [1.29, 1.82) is 5.26 Å². The van der Waals surface area contributed by atoms with Crippen molar-refractivity contribution in [2.75, 3.05) is 33.9 Å². The molecule has 4 heteroatoms. The van der Waals surface area contributed by atoms with Crippen molar-refractivity contribution < 1.29 is 9.84 Å². The zero-order valence-electron chi connectivity index (χ0n) is 7.66. The van der Waals surface area contributed by atoms with Crippen molar-refractivity contribution in [2.45, 2.75) is 12.5 Å². The van der Waals surface area contributed by atoms with Gasteiger partial charge in [-0.25, -0.2) is 0 Å². The third-order valence-corrected chi connectivity index (χ3v) is 1.49. The van der Waals surface area contributed by atoms with Gasteiger partial charge in [-0.05, 0) is 7.05 Å². The summed E-state index contributed by atoms with van der Waals surface area (Å²) in [4.78, 5) is 1.91. The molecule has 0 aliphatic carbocycles. The molecule has 0 saturated carbocycles. The Hall–Kier alpha value is -0.630. The van der Waals surface area contributed by atoms with Crippen LogP contribution in [0.4, 0.5) is 0 Å². The SMILES string of the molecule is COCC(O)CN(C)CCC#N. The van der Waals surface area contributed by atoms with E-state index in [-0.39, 0.29) is 0 Å². The Morgan fingerprint density at radius 2 is 2.33 bits per heavy atom. The van der Waals surface area contributed by atoms with Crippen LogP contribution in [0.3, 0.4) is 0 Å². The van der Waals surface area contributed by atoms with Crippen LogP contribution in [-0.2, 0) is 4.74 Å². The van der Waals surface area contributed by atoms with Gasteiger partial charge < -0.3 is 14.7 Å². The van der Waals surface area contributed by atoms with E-state index >= 15 is 0 Å². The maximum absolute atomic E-state index is 9.27. The molecular formula is C8H16N2O2. The van der Waals surface area contributed by atoms with Crippen molar-refractivity contribution in [3.8, 4) is 6.07 Å². The van der Waals surface area contributed by atoms with Gasteiger partial charge in [-0.2, -0.15) is 5.26 Å². The number of likely N-dealkylation sites (N-methyl/N-ethyl adjacent to an activating group) is 1. The summed E-state index contributed by atoms with van der Waals surface area (Å²) in [6, 6.07) is 2.05. The van der Waals surface area contributed by atoms with Gasteiger partial charge in [-0.1, -0.05) is 0 Å². The summed E-state index contributed by atoms with van der Waals surface area (Å²) in [5.41, 5.74) is 0. The van der Waals surface area contributed by atoms with Crippen molar-refractivity contribution in [1.82, 2.24) is 4.90 Å². The quantitative estimate of drug-likeness (QED) is 0.605. The first-order chi connectivity index (χ1) is 5.70. The number of hydrogen-bond donors (Lipinski definition) is 1. The lowest BCUT2D eigenvalue weighted by atomic mass is 10.3. The second-order valence-corrected chi connectivity index (χ2v) is 2.78. The molecule has 1 atom stereocenters. The number of methoxy groups -OCH3 is 1. The first kappa shape index (κ1) is 11.4. The van der Waals surface area contributed by atoms with E-state index in [2.05, 4.69) is 0 Å². The predicted octanol–water partition coefficient (Wildman–Crippen LogP) is -0.161. The Morgan fingerprint density at radius 3 is 2.83 bits per heavy atom. The van der Waals surface area contributed by atoms with Crippen molar-refractivity contribution in [3.63, 3.8) is 0 Å². The van der Waals surface area contributed by atoms with Crippen molar-refractivity contribution in [3.05, 3.63) is 0 Å². The molecule has 0 aliphatic rings. The molecule has 1 unspecified atom stereocenters. The third kappa shape index (κ3) is 6.10. The summed E-state index contributed by atoms with van der Waals surface area (Å²) in [5, 5.41) is 17.6. The Kier molecular flexibility index (Phi) is 6.67. The minimum absolute atomic E-state index is 0.344. The van der Waals surface area contributed by atoms with Crippen LogP contribution in [0.1, 0.15) is 6.42 Å². The van der Waals surface area contributed by atoms with Gasteiger partial charge in [0.25, 0.3) is 0 Å². The number of nitriles is 1. The largest absolute Gasteiger partial charge is 0.389 e. The van der Waals surface area contributed by atoms with Gasteiger partial charge in [0.1, 0.15) is 0 Å². The number of aliphatic hydroxyl groups excluding tert-OH is 1. The minimum Gasteiger partial charge on any atom is -0.389 e. The average Bonchev–Trinajstić information content (AvgIpc) is 2.01. The highest BCUT2D eigenvalue weighted by Gasteiger charge is 2.06. The van der Waals surface area contributed by atoms with E-state index in [1.165, 1.54) is 0 Å². The molecule has 0 aromatic heterocycles. The topological polar surface area (TPSA) is 56.5 Å². The van der Waals surface area contributed by atoms with E-state index in [9.17, 15) is 5.11 Å². The van der Waals surface area contributed by atoms with Crippen molar-refractivity contribution >= 4 is 0 Å². The van der Waals surface area contributed by atoms with Crippen LogP contribution in [0.25, 0.3) is 0 Å². The van der Waals surface area contributed by atoms with Gasteiger partial charge in [0.15, 0.2) is 0 Å². The van der Waals surface area contributed by atoms with Crippen LogP contribution in [0.15, 0.2) is 0 Å². The van der Waals surface area contributed by atoms with Gasteiger partial charge >= 0.3 is 0 Å². The highest BCUT2D eigenvalue weighted by molar-refractivity contribution is 4.72. The second kappa shape index (κ2) is 7.04. The molecule has 70 valence electrons. The minimum atomic E-state index is -0.460. The lowest BCUT2D eigenvalue weighted by Gasteiger charge is -2.18. The zero-order chi connectivity index (χ0) is 9.40. The average molecular weight is 172 g/mol. The van der Waals surface area contributed by atoms with Crippen LogP contribution in [0.2, 0.25) is 0 Å². The van der Waals surface area contributed by atoms with E-state index in [4.69, 9.17) is 10.00 Å². The molecule has 0 bridgehead atoms. The number of ether oxygens (including phenoxy) is 1. The first-order valence-electron chi connectivity index (χ1n) is 3.93. The van der Waals surface area contributed by atoms with Gasteiger partial charge in [-0.3, -0.25) is 0 Å². The predicted molar refractivity (Wildman–Crippen MR) is 45.6 cm³/mol. The van der Waals surface area contributed by atoms with Crippen LogP contribution in [-0.4, -0.2) is 50.0 Å². The molecule has 0 saturated heterocycles. The molecule has 0 aromatic rings. The molecule has 0 heterocycles. The number of nitrogens with zero attached hydrogens (tertiary/aromatic N) is 2. The lowest BCUT2D eigenvalue weighted by molar-refractivity contribution is 0.0437. The van der Waals surface area contributed by atoms with Gasteiger partial charge in [0.2, 0.25) is 0 Å². The molecule has 0 aliphatic heterocycles. The van der Waals surface area contributed by atoms with Crippen molar-refractivity contribution in [2.24, 2.45) is 0 Å². The monoisotopic (exact) mass is 172 g/mol. The summed E-state index contributed by atoms with van der Waals surface area (Å²) in [6.45, 7) is 1.59. The molecule has 12 heavy (non-hydrogen) atoms. The van der Waals surface area contributed by atoms with E-state index in [1.807, 2.05) is 18.0 Å². The highest BCUT2D eigenvalue weighted by Crippen LogP contribution is 1.91. The fraction of sp³-hybridized carbons (Fsp3) is 0.875. The normalized spacial score (nSPS) is 12.9. The molecule has 0 spiro atoms. The molecule has 0 rings (SSSR count). The van der Waals surface area contributed by atoms with Crippen LogP contribution < -0.4 is 0 Å². The fourth-order valence-corrected chi connectivity index (χ4v) is 0.937. The molecule has 0 fully saturated rings. The summed E-state index contributed by atoms with van der Waals surface area (Å²) in [5.74, 6) is 0. The molecule has 0 aromatic carbocycles. The summed E-state index contributed by atoms with van der Waals surface area (Å²) in [6.07, 6.45) is 0.0367. The van der Waals surface area contributed by atoms with E-state index in [1.54, 1.807) is 7.11 Å².